The maximum absolute atomic E-state index is 5.53. The van der Waals surface area contributed by atoms with Crippen LogP contribution in [0.4, 0.5) is 5.69 Å². The number of nitrogens with zero attached hydrogens (tertiary/aromatic N) is 2. The van der Waals surface area contributed by atoms with Crippen LogP contribution in [-0.4, -0.2) is 22.9 Å². The molecule has 2 rings (SSSR count). The maximum atomic E-state index is 5.53. The smallest absolute Gasteiger partial charge is 0.157 e. The van der Waals surface area contributed by atoms with E-state index in [4.69, 9.17) is 4.74 Å². The Morgan fingerprint density at radius 2 is 2.06 bits per heavy atom. The van der Waals surface area contributed by atoms with Crippen LogP contribution >= 0.6 is 0 Å². The van der Waals surface area contributed by atoms with Gasteiger partial charge >= 0.3 is 0 Å². The average Bonchev–Trinajstić information content (AvgIpc) is 2.73. The number of rotatable bonds is 5. The molecule has 0 atom stereocenters. The summed E-state index contributed by atoms with van der Waals surface area (Å²) in [4.78, 5) is 0. The van der Waals surface area contributed by atoms with Crippen molar-refractivity contribution in [1.29, 1.82) is 0 Å². The van der Waals surface area contributed by atoms with Gasteiger partial charge in [-0.15, -0.1) is 0 Å². The zero-order valence-corrected chi connectivity index (χ0v) is 10.2. The van der Waals surface area contributed by atoms with Crippen LogP contribution in [0.1, 0.15) is 5.56 Å². The number of benzene rings is 1. The Kier molecular flexibility index (Phi) is 3.65. The highest BCUT2D eigenvalue weighted by Gasteiger charge is 1.96. The fraction of sp³-hybridized carbons (Fsp3) is 0.308. The summed E-state index contributed by atoms with van der Waals surface area (Å²) in [6.45, 7) is 3.48. The van der Waals surface area contributed by atoms with Crippen molar-refractivity contribution in [2.24, 2.45) is 7.05 Å². The van der Waals surface area contributed by atoms with Crippen molar-refractivity contribution in [2.75, 3.05) is 18.5 Å². The molecule has 0 aliphatic carbocycles. The van der Waals surface area contributed by atoms with Crippen molar-refractivity contribution in [3.63, 3.8) is 0 Å². The van der Waals surface area contributed by atoms with E-state index in [9.17, 15) is 0 Å². The van der Waals surface area contributed by atoms with Crippen molar-refractivity contribution in [1.82, 2.24) is 9.78 Å². The summed E-state index contributed by atoms with van der Waals surface area (Å²) in [5, 5.41) is 7.33. The lowest BCUT2D eigenvalue weighted by Crippen LogP contribution is -2.11. The number of aromatic nitrogens is 2. The fourth-order valence-corrected chi connectivity index (χ4v) is 1.51. The van der Waals surface area contributed by atoms with Gasteiger partial charge in [0, 0.05) is 19.3 Å². The molecule has 0 amide bonds. The van der Waals surface area contributed by atoms with Crippen LogP contribution in [0.5, 0.6) is 5.75 Å². The summed E-state index contributed by atoms with van der Waals surface area (Å²) < 4.78 is 7.25. The normalized spacial score (nSPS) is 10.2. The first-order valence-electron chi connectivity index (χ1n) is 5.66. The maximum Gasteiger partial charge on any atom is 0.157 e. The van der Waals surface area contributed by atoms with Gasteiger partial charge in [-0.2, -0.15) is 5.10 Å². The van der Waals surface area contributed by atoms with E-state index in [1.807, 2.05) is 13.2 Å². The third-order valence-corrected chi connectivity index (χ3v) is 2.43. The first-order chi connectivity index (χ1) is 8.24. The molecule has 0 unspecified atom stereocenters. The van der Waals surface area contributed by atoms with Crippen LogP contribution in [0.3, 0.4) is 0 Å². The molecule has 0 aliphatic heterocycles. The van der Waals surface area contributed by atoms with Crippen LogP contribution in [0.2, 0.25) is 0 Å². The highest BCUT2D eigenvalue weighted by atomic mass is 16.5. The lowest BCUT2D eigenvalue weighted by atomic mass is 10.2. The molecule has 0 radical (unpaired) electrons. The second kappa shape index (κ2) is 5.39. The van der Waals surface area contributed by atoms with Gasteiger partial charge in [0.1, 0.15) is 6.61 Å². The van der Waals surface area contributed by atoms with E-state index in [2.05, 4.69) is 41.6 Å². The molecular weight excluding hydrogens is 214 g/mol. The van der Waals surface area contributed by atoms with Gasteiger partial charge < -0.3 is 10.1 Å². The molecule has 0 aliphatic rings. The first-order valence-corrected chi connectivity index (χ1v) is 5.66. The van der Waals surface area contributed by atoms with Crippen LogP contribution in [0.25, 0.3) is 0 Å². The second-order valence-electron chi connectivity index (χ2n) is 3.99. The van der Waals surface area contributed by atoms with E-state index in [0.717, 1.165) is 18.0 Å². The zero-order chi connectivity index (χ0) is 12.1. The highest BCUT2D eigenvalue weighted by molar-refractivity contribution is 5.44. The van der Waals surface area contributed by atoms with Gasteiger partial charge in [0.25, 0.3) is 0 Å². The molecule has 2 aromatic rings. The summed E-state index contributed by atoms with van der Waals surface area (Å²) in [5.41, 5.74) is 2.38. The summed E-state index contributed by atoms with van der Waals surface area (Å²) in [7, 11) is 1.87. The second-order valence-corrected chi connectivity index (χ2v) is 3.99. The fourth-order valence-electron chi connectivity index (χ4n) is 1.51. The van der Waals surface area contributed by atoms with Crippen molar-refractivity contribution < 1.29 is 4.74 Å². The molecule has 17 heavy (non-hydrogen) atoms. The molecule has 0 spiro atoms. The SMILES string of the molecule is Cc1ccc(NCCOc2cnn(C)c2)cc1. The average molecular weight is 231 g/mol. The molecule has 0 saturated heterocycles. The Balaban J connectivity index is 1.71. The van der Waals surface area contributed by atoms with Gasteiger partial charge in [-0.3, -0.25) is 4.68 Å². The molecule has 1 aromatic heterocycles. The molecular formula is C13H17N3O. The summed E-state index contributed by atoms with van der Waals surface area (Å²) in [5.74, 6) is 0.804. The Morgan fingerprint density at radius 3 is 2.71 bits per heavy atom. The predicted molar refractivity (Wildman–Crippen MR) is 68.4 cm³/mol. The van der Waals surface area contributed by atoms with E-state index in [1.54, 1.807) is 10.9 Å². The monoisotopic (exact) mass is 231 g/mol. The van der Waals surface area contributed by atoms with Crippen molar-refractivity contribution in [3.05, 3.63) is 42.2 Å². The van der Waals surface area contributed by atoms with Gasteiger partial charge in [0.05, 0.1) is 12.4 Å². The quantitative estimate of drug-likeness (QED) is 0.802. The van der Waals surface area contributed by atoms with E-state index in [1.165, 1.54) is 5.56 Å². The standard InChI is InChI=1S/C13H17N3O/c1-11-3-5-12(6-4-11)14-7-8-17-13-9-15-16(2)10-13/h3-6,9-10,14H,7-8H2,1-2H3. The molecule has 4 heteroatoms. The number of hydrogen-bond acceptors (Lipinski definition) is 3. The molecule has 1 heterocycles. The van der Waals surface area contributed by atoms with Crippen LogP contribution in [0.15, 0.2) is 36.7 Å². The molecule has 1 N–H and O–H groups in total. The molecule has 0 fully saturated rings. The Hall–Kier alpha value is -1.97. The van der Waals surface area contributed by atoms with Crippen LogP contribution < -0.4 is 10.1 Å². The Labute approximate surface area is 101 Å². The van der Waals surface area contributed by atoms with Gasteiger partial charge in [-0.05, 0) is 19.1 Å². The summed E-state index contributed by atoms with van der Waals surface area (Å²) in [6.07, 6.45) is 3.57. The number of nitrogens with one attached hydrogen (secondary N) is 1. The zero-order valence-electron chi connectivity index (χ0n) is 10.2. The minimum absolute atomic E-state index is 0.625. The molecule has 1 aromatic carbocycles. The third kappa shape index (κ3) is 3.52. The van der Waals surface area contributed by atoms with Crippen molar-refractivity contribution in [3.8, 4) is 5.75 Å². The number of aryl methyl sites for hydroxylation is 2. The third-order valence-electron chi connectivity index (χ3n) is 2.43. The van der Waals surface area contributed by atoms with E-state index < -0.39 is 0 Å². The minimum Gasteiger partial charge on any atom is -0.488 e. The Morgan fingerprint density at radius 1 is 1.29 bits per heavy atom. The topological polar surface area (TPSA) is 39.1 Å². The summed E-state index contributed by atoms with van der Waals surface area (Å²) in [6, 6.07) is 8.31. The summed E-state index contributed by atoms with van der Waals surface area (Å²) >= 11 is 0. The van der Waals surface area contributed by atoms with E-state index in [-0.39, 0.29) is 0 Å². The van der Waals surface area contributed by atoms with Gasteiger partial charge in [-0.1, -0.05) is 17.7 Å². The van der Waals surface area contributed by atoms with Gasteiger partial charge in [-0.25, -0.2) is 0 Å². The minimum atomic E-state index is 0.625. The largest absolute Gasteiger partial charge is 0.488 e. The van der Waals surface area contributed by atoms with E-state index >= 15 is 0 Å². The lowest BCUT2D eigenvalue weighted by molar-refractivity contribution is 0.332. The van der Waals surface area contributed by atoms with Gasteiger partial charge in [0.2, 0.25) is 0 Å². The van der Waals surface area contributed by atoms with E-state index in [0.29, 0.717) is 6.61 Å². The first kappa shape index (κ1) is 11.5. The number of hydrogen-bond donors (Lipinski definition) is 1. The number of ether oxygens (including phenoxy) is 1. The Bertz CT molecular complexity index is 462. The molecule has 0 bridgehead atoms. The van der Waals surface area contributed by atoms with Crippen molar-refractivity contribution in [2.45, 2.75) is 6.92 Å². The highest BCUT2D eigenvalue weighted by Crippen LogP contribution is 2.09. The number of anilines is 1. The predicted octanol–water partition coefficient (Wildman–Crippen LogP) is 2.22. The molecule has 0 saturated carbocycles. The lowest BCUT2D eigenvalue weighted by Gasteiger charge is -2.07. The van der Waals surface area contributed by atoms with Crippen molar-refractivity contribution >= 4 is 5.69 Å². The van der Waals surface area contributed by atoms with Crippen LogP contribution in [0, 0.1) is 6.92 Å². The van der Waals surface area contributed by atoms with Crippen LogP contribution in [-0.2, 0) is 7.05 Å². The molecule has 4 nitrogen and oxygen atoms in total. The molecule has 90 valence electrons. The van der Waals surface area contributed by atoms with Gasteiger partial charge in [0.15, 0.2) is 5.75 Å².